The van der Waals surface area contributed by atoms with Gasteiger partial charge in [0.25, 0.3) is 5.69 Å². The number of benzene rings is 1. The summed E-state index contributed by atoms with van der Waals surface area (Å²) in [5.74, 6) is 0.357. The number of rotatable bonds is 3. The number of hydrogen-bond donors (Lipinski definition) is 2. The smallest absolute Gasteiger partial charge is 0.287 e. The van der Waals surface area contributed by atoms with Crippen molar-refractivity contribution in [2.45, 2.75) is 0 Å². The molecule has 3 rings (SSSR count). The summed E-state index contributed by atoms with van der Waals surface area (Å²) in [5, 5.41) is 17.8. The van der Waals surface area contributed by atoms with Crippen molar-refractivity contribution in [2.24, 2.45) is 0 Å². The van der Waals surface area contributed by atoms with E-state index in [1.165, 1.54) is 16.8 Å². The van der Waals surface area contributed by atoms with Crippen molar-refractivity contribution >= 4 is 28.7 Å². The Morgan fingerprint density at radius 1 is 1.20 bits per heavy atom. The quantitative estimate of drug-likeness (QED) is 0.427. The predicted molar refractivity (Wildman–Crippen MR) is 73.8 cm³/mol. The number of nitrogens with one attached hydrogen (secondary N) is 1. The molecular formula is C12H10N6O2. The Bertz CT molecular complexity index is 780. The van der Waals surface area contributed by atoms with E-state index in [1.807, 2.05) is 0 Å². The van der Waals surface area contributed by atoms with Gasteiger partial charge in [-0.05, 0) is 30.3 Å². The zero-order chi connectivity index (χ0) is 14.1. The summed E-state index contributed by atoms with van der Waals surface area (Å²) in [6.45, 7) is 0. The monoisotopic (exact) mass is 270 g/mol. The van der Waals surface area contributed by atoms with E-state index < -0.39 is 4.92 Å². The molecule has 0 fully saturated rings. The Balaban J connectivity index is 1.92. The molecular weight excluding hydrogens is 260 g/mol. The molecule has 0 aliphatic rings. The maximum atomic E-state index is 10.7. The number of fused-ring (bicyclic) bond motifs is 1. The molecule has 3 aromatic rings. The largest absolute Gasteiger partial charge is 0.399 e. The number of aromatic nitrogens is 3. The van der Waals surface area contributed by atoms with Gasteiger partial charge in [0.05, 0.1) is 4.92 Å². The van der Waals surface area contributed by atoms with Gasteiger partial charge in [-0.2, -0.15) is 4.98 Å². The molecule has 0 amide bonds. The number of nitrogens with two attached hydrogens (primary N) is 1. The van der Waals surface area contributed by atoms with Gasteiger partial charge in [-0.25, -0.2) is 4.52 Å². The van der Waals surface area contributed by atoms with Gasteiger partial charge in [0.15, 0.2) is 5.65 Å². The van der Waals surface area contributed by atoms with Gasteiger partial charge in [-0.15, -0.1) is 5.10 Å². The van der Waals surface area contributed by atoms with Crippen LogP contribution < -0.4 is 11.1 Å². The average molecular weight is 270 g/mol. The molecule has 2 heterocycles. The highest BCUT2D eigenvalue weighted by Gasteiger charge is 2.09. The van der Waals surface area contributed by atoms with Crippen LogP contribution in [-0.2, 0) is 0 Å². The summed E-state index contributed by atoms with van der Waals surface area (Å²) in [6, 6.07) is 10.0. The minimum absolute atomic E-state index is 0.0403. The number of nitrogens with zero attached hydrogens (tertiary/aromatic N) is 4. The van der Waals surface area contributed by atoms with Gasteiger partial charge in [0.2, 0.25) is 5.95 Å². The van der Waals surface area contributed by atoms with Gasteiger partial charge in [0.1, 0.15) is 6.20 Å². The highest BCUT2D eigenvalue weighted by atomic mass is 16.6. The normalized spacial score (nSPS) is 10.6. The van der Waals surface area contributed by atoms with Crippen molar-refractivity contribution < 1.29 is 4.92 Å². The molecule has 0 spiro atoms. The first-order valence-electron chi connectivity index (χ1n) is 5.75. The molecule has 0 radical (unpaired) electrons. The number of hydrogen-bond acceptors (Lipinski definition) is 6. The Labute approximate surface area is 113 Å². The van der Waals surface area contributed by atoms with Crippen LogP contribution in [0.1, 0.15) is 0 Å². The summed E-state index contributed by atoms with van der Waals surface area (Å²) < 4.78 is 1.36. The molecule has 2 aromatic heterocycles. The molecule has 0 saturated heterocycles. The first-order valence-corrected chi connectivity index (χ1v) is 5.75. The molecule has 0 bridgehead atoms. The zero-order valence-corrected chi connectivity index (χ0v) is 10.2. The number of pyridine rings is 1. The third-order valence-corrected chi connectivity index (χ3v) is 2.69. The van der Waals surface area contributed by atoms with Crippen molar-refractivity contribution in [3.63, 3.8) is 0 Å². The fourth-order valence-electron chi connectivity index (χ4n) is 1.73. The first kappa shape index (κ1) is 11.9. The van der Waals surface area contributed by atoms with E-state index in [2.05, 4.69) is 15.4 Å². The van der Waals surface area contributed by atoms with Crippen molar-refractivity contribution in [2.75, 3.05) is 11.1 Å². The zero-order valence-electron chi connectivity index (χ0n) is 10.2. The highest BCUT2D eigenvalue weighted by molar-refractivity contribution is 5.59. The molecule has 100 valence electrons. The van der Waals surface area contributed by atoms with Crippen molar-refractivity contribution in [3.8, 4) is 0 Å². The lowest BCUT2D eigenvalue weighted by Gasteiger charge is -2.00. The lowest BCUT2D eigenvalue weighted by atomic mass is 10.3. The lowest BCUT2D eigenvalue weighted by Crippen LogP contribution is -1.95. The van der Waals surface area contributed by atoms with E-state index in [1.54, 1.807) is 30.3 Å². The molecule has 0 unspecified atom stereocenters. The third kappa shape index (κ3) is 2.21. The first-order chi connectivity index (χ1) is 9.61. The Morgan fingerprint density at radius 3 is 2.65 bits per heavy atom. The SMILES string of the molecule is Nc1ccc(Nc2nc3ccc([N+](=O)[O-])cn3n2)cc1. The number of nitrogen functional groups attached to an aromatic ring is 1. The molecule has 0 atom stereocenters. The van der Waals surface area contributed by atoms with E-state index >= 15 is 0 Å². The topological polar surface area (TPSA) is 111 Å². The van der Waals surface area contributed by atoms with Crippen LogP contribution in [0.15, 0.2) is 42.6 Å². The van der Waals surface area contributed by atoms with Crippen LogP contribution in [0.2, 0.25) is 0 Å². The number of anilines is 3. The molecule has 8 heteroatoms. The molecule has 0 aliphatic carbocycles. The Morgan fingerprint density at radius 2 is 1.95 bits per heavy atom. The van der Waals surface area contributed by atoms with E-state index in [4.69, 9.17) is 5.73 Å². The predicted octanol–water partition coefficient (Wildman–Crippen LogP) is 1.96. The summed E-state index contributed by atoms with van der Waals surface area (Å²) in [5.41, 5.74) is 7.52. The fraction of sp³-hybridized carbons (Fsp3) is 0. The van der Waals surface area contributed by atoms with Crippen LogP contribution in [0.4, 0.5) is 23.0 Å². The fourth-order valence-corrected chi connectivity index (χ4v) is 1.73. The van der Waals surface area contributed by atoms with Crippen LogP contribution in [-0.4, -0.2) is 19.5 Å². The van der Waals surface area contributed by atoms with Gasteiger partial charge in [-0.1, -0.05) is 0 Å². The minimum atomic E-state index is -0.478. The standard InChI is InChI=1S/C12H10N6O2/c13-8-1-3-9(4-2-8)14-12-15-11-6-5-10(18(19)20)7-17(11)16-12/h1-7H,13H2,(H,14,16). The molecule has 3 N–H and O–H groups in total. The van der Waals surface area contributed by atoms with E-state index in [0.717, 1.165) is 5.69 Å². The van der Waals surface area contributed by atoms with Crippen molar-refractivity contribution in [3.05, 3.63) is 52.7 Å². The van der Waals surface area contributed by atoms with Gasteiger partial charge in [-0.3, -0.25) is 10.1 Å². The molecule has 1 aromatic carbocycles. The Kier molecular flexibility index (Phi) is 2.68. The van der Waals surface area contributed by atoms with Crippen LogP contribution >= 0.6 is 0 Å². The summed E-state index contributed by atoms with van der Waals surface area (Å²) in [7, 11) is 0. The molecule has 0 saturated carbocycles. The van der Waals surface area contributed by atoms with Gasteiger partial charge in [0, 0.05) is 17.4 Å². The maximum Gasteiger partial charge on any atom is 0.287 e. The second kappa shape index (κ2) is 4.50. The highest BCUT2D eigenvalue weighted by Crippen LogP contribution is 2.17. The van der Waals surface area contributed by atoms with E-state index in [9.17, 15) is 10.1 Å². The maximum absolute atomic E-state index is 10.7. The van der Waals surface area contributed by atoms with Crippen molar-refractivity contribution in [1.29, 1.82) is 0 Å². The van der Waals surface area contributed by atoms with Gasteiger partial charge < -0.3 is 11.1 Å². The van der Waals surface area contributed by atoms with Crippen LogP contribution in [0.25, 0.3) is 5.65 Å². The van der Waals surface area contributed by atoms with E-state index in [-0.39, 0.29) is 5.69 Å². The summed E-state index contributed by atoms with van der Waals surface area (Å²) in [4.78, 5) is 14.4. The molecule has 0 aliphatic heterocycles. The molecule has 20 heavy (non-hydrogen) atoms. The average Bonchev–Trinajstić information content (AvgIpc) is 2.82. The second-order valence-electron chi connectivity index (χ2n) is 4.13. The summed E-state index contributed by atoms with van der Waals surface area (Å²) in [6.07, 6.45) is 1.32. The van der Waals surface area contributed by atoms with Crippen LogP contribution in [0.5, 0.6) is 0 Å². The minimum Gasteiger partial charge on any atom is -0.399 e. The van der Waals surface area contributed by atoms with Crippen LogP contribution in [0.3, 0.4) is 0 Å². The molecule has 8 nitrogen and oxygen atoms in total. The van der Waals surface area contributed by atoms with Crippen molar-refractivity contribution in [1.82, 2.24) is 14.6 Å². The number of nitro groups is 1. The second-order valence-corrected chi connectivity index (χ2v) is 4.13. The van der Waals surface area contributed by atoms with E-state index in [0.29, 0.717) is 17.3 Å². The van der Waals surface area contributed by atoms with Gasteiger partial charge >= 0.3 is 0 Å². The summed E-state index contributed by atoms with van der Waals surface area (Å²) >= 11 is 0. The lowest BCUT2D eigenvalue weighted by molar-refractivity contribution is -0.385. The Hall–Kier alpha value is -3.16. The van der Waals surface area contributed by atoms with Crippen LogP contribution in [0, 0.1) is 10.1 Å². The third-order valence-electron chi connectivity index (χ3n) is 2.69.